The van der Waals surface area contributed by atoms with Gasteiger partial charge in [0.2, 0.25) is 0 Å². The third kappa shape index (κ3) is 4.23. The van der Waals surface area contributed by atoms with Crippen molar-refractivity contribution >= 4 is 28.7 Å². The van der Waals surface area contributed by atoms with Gasteiger partial charge in [-0.05, 0) is 48.5 Å². The summed E-state index contributed by atoms with van der Waals surface area (Å²) < 4.78 is 12.8. The van der Waals surface area contributed by atoms with Crippen LogP contribution in [0, 0.1) is 22.9 Å². The van der Waals surface area contributed by atoms with E-state index >= 15 is 0 Å². The lowest BCUT2D eigenvalue weighted by Crippen LogP contribution is -2.28. The fourth-order valence-electron chi connectivity index (χ4n) is 1.85. The zero-order chi connectivity index (χ0) is 16.1. The van der Waals surface area contributed by atoms with Crippen LogP contribution in [0.2, 0.25) is 0 Å². The zero-order valence-electron chi connectivity index (χ0n) is 11.8. The van der Waals surface area contributed by atoms with Crippen LogP contribution in [0.25, 0.3) is 0 Å². The van der Waals surface area contributed by atoms with Gasteiger partial charge in [-0.1, -0.05) is 12.1 Å². The maximum atomic E-state index is 12.8. The van der Waals surface area contributed by atoms with E-state index in [9.17, 15) is 14.5 Å². The summed E-state index contributed by atoms with van der Waals surface area (Å²) in [6.45, 7) is 2.22. The SMILES string of the molecule is Cc1cc([N+](=O)[O-])ccc1NC(=S)NCc1ccc(F)cc1. The molecule has 22 heavy (non-hydrogen) atoms. The van der Waals surface area contributed by atoms with E-state index in [1.165, 1.54) is 24.3 Å². The first-order chi connectivity index (χ1) is 10.5. The number of anilines is 1. The molecule has 0 spiro atoms. The molecule has 0 atom stereocenters. The third-order valence-electron chi connectivity index (χ3n) is 3.04. The molecular formula is C15H14FN3O2S. The number of aryl methyl sites for hydroxylation is 1. The molecule has 0 amide bonds. The predicted octanol–water partition coefficient (Wildman–Crippen LogP) is 3.53. The standard InChI is InChI=1S/C15H14FN3O2S/c1-10-8-13(19(20)21)6-7-14(10)18-15(22)17-9-11-2-4-12(16)5-3-11/h2-8H,9H2,1H3,(H2,17,18,22). The largest absolute Gasteiger partial charge is 0.358 e. The normalized spacial score (nSPS) is 10.1. The second-order valence-electron chi connectivity index (χ2n) is 4.69. The quantitative estimate of drug-likeness (QED) is 0.513. The van der Waals surface area contributed by atoms with E-state index in [0.717, 1.165) is 11.1 Å². The van der Waals surface area contributed by atoms with Crippen LogP contribution in [-0.2, 0) is 6.54 Å². The first kappa shape index (κ1) is 15.8. The number of benzene rings is 2. The Morgan fingerprint density at radius 1 is 1.27 bits per heavy atom. The minimum Gasteiger partial charge on any atom is -0.358 e. The third-order valence-corrected chi connectivity index (χ3v) is 3.28. The first-order valence-corrected chi connectivity index (χ1v) is 6.91. The topological polar surface area (TPSA) is 67.2 Å². The molecule has 0 aliphatic carbocycles. The molecule has 0 saturated carbocycles. The molecule has 0 fully saturated rings. The highest BCUT2D eigenvalue weighted by atomic mass is 32.1. The summed E-state index contributed by atoms with van der Waals surface area (Å²) in [7, 11) is 0. The summed E-state index contributed by atoms with van der Waals surface area (Å²) in [5.41, 5.74) is 2.35. The van der Waals surface area contributed by atoms with E-state index in [1.54, 1.807) is 25.1 Å². The van der Waals surface area contributed by atoms with E-state index in [-0.39, 0.29) is 11.5 Å². The molecule has 0 aliphatic rings. The Balaban J connectivity index is 1.94. The number of non-ortho nitro benzene ring substituents is 1. The average molecular weight is 319 g/mol. The minimum absolute atomic E-state index is 0.0354. The first-order valence-electron chi connectivity index (χ1n) is 6.50. The molecule has 0 saturated heterocycles. The van der Waals surface area contributed by atoms with Crippen LogP contribution >= 0.6 is 12.2 Å². The lowest BCUT2D eigenvalue weighted by atomic mass is 10.2. The Hall–Kier alpha value is -2.54. The van der Waals surface area contributed by atoms with Crippen molar-refractivity contribution in [2.75, 3.05) is 5.32 Å². The fourth-order valence-corrected chi connectivity index (χ4v) is 2.03. The smallest absolute Gasteiger partial charge is 0.269 e. The van der Waals surface area contributed by atoms with Crippen molar-refractivity contribution in [1.82, 2.24) is 5.32 Å². The van der Waals surface area contributed by atoms with Crippen LogP contribution in [0.4, 0.5) is 15.8 Å². The van der Waals surface area contributed by atoms with Crippen LogP contribution < -0.4 is 10.6 Å². The van der Waals surface area contributed by atoms with Crippen molar-refractivity contribution in [3.8, 4) is 0 Å². The van der Waals surface area contributed by atoms with Crippen LogP contribution in [0.3, 0.4) is 0 Å². The molecule has 2 N–H and O–H groups in total. The van der Waals surface area contributed by atoms with Crippen LogP contribution in [0.15, 0.2) is 42.5 Å². The summed E-state index contributed by atoms with van der Waals surface area (Å²) in [6, 6.07) is 10.6. The number of hydrogen-bond acceptors (Lipinski definition) is 3. The molecule has 0 bridgehead atoms. The number of halogens is 1. The molecule has 2 aromatic rings. The minimum atomic E-state index is -0.443. The van der Waals surface area contributed by atoms with E-state index in [4.69, 9.17) is 12.2 Å². The van der Waals surface area contributed by atoms with Crippen molar-refractivity contribution in [1.29, 1.82) is 0 Å². The van der Waals surface area contributed by atoms with Gasteiger partial charge in [0.25, 0.3) is 5.69 Å². The van der Waals surface area contributed by atoms with Crippen LogP contribution in [0.1, 0.15) is 11.1 Å². The van der Waals surface area contributed by atoms with Gasteiger partial charge in [0.15, 0.2) is 5.11 Å². The van der Waals surface area contributed by atoms with E-state index in [0.29, 0.717) is 17.3 Å². The molecule has 0 aromatic heterocycles. The van der Waals surface area contributed by atoms with Crippen molar-refractivity contribution in [2.24, 2.45) is 0 Å². The van der Waals surface area contributed by atoms with Gasteiger partial charge in [-0.15, -0.1) is 0 Å². The average Bonchev–Trinajstić information content (AvgIpc) is 2.48. The number of nitro groups is 1. The molecule has 0 heterocycles. The van der Waals surface area contributed by atoms with Crippen molar-refractivity contribution in [3.63, 3.8) is 0 Å². The molecular weight excluding hydrogens is 305 g/mol. The predicted molar refractivity (Wildman–Crippen MR) is 87.3 cm³/mol. The molecule has 2 rings (SSSR count). The highest BCUT2D eigenvalue weighted by molar-refractivity contribution is 7.80. The van der Waals surface area contributed by atoms with Crippen molar-refractivity contribution in [3.05, 3.63) is 69.5 Å². The number of rotatable bonds is 4. The summed E-state index contributed by atoms with van der Waals surface area (Å²) in [4.78, 5) is 10.2. The van der Waals surface area contributed by atoms with Crippen LogP contribution in [-0.4, -0.2) is 10.0 Å². The van der Waals surface area contributed by atoms with Gasteiger partial charge in [-0.2, -0.15) is 0 Å². The molecule has 0 radical (unpaired) electrons. The van der Waals surface area contributed by atoms with Gasteiger partial charge < -0.3 is 10.6 Å². The lowest BCUT2D eigenvalue weighted by molar-refractivity contribution is -0.384. The van der Waals surface area contributed by atoms with Crippen LogP contribution in [0.5, 0.6) is 0 Å². The zero-order valence-corrected chi connectivity index (χ0v) is 12.6. The van der Waals surface area contributed by atoms with Gasteiger partial charge in [-0.25, -0.2) is 4.39 Å². The summed E-state index contributed by atoms with van der Waals surface area (Å²) >= 11 is 5.17. The second kappa shape index (κ2) is 6.95. The molecule has 0 unspecified atom stereocenters. The maximum absolute atomic E-state index is 12.8. The Labute approximate surface area is 132 Å². The monoisotopic (exact) mass is 319 g/mol. The molecule has 114 valence electrons. The lowest BCUT2D eigenvalue weighted by Gasteiger charge is -2.12. The summed E-state index contributed by atoms with van der Waals surface area (Å²) in [5, 5.41) is 17.1. The maximum Gasteiger partial charge on any atom is 0.269 e. The number of thiocarbonyl (C=S) groups is 1. The van der Waals surface area contributed by atoms with Gasteiger partial charge >= 0.3 is 0 Å². The van der Waals surface area contributed by atoms with Gasteiger partial charge in [0, 0.05) is 24.4 Å². The Bertz CT molecular complexity index is 704. The summed E-state index contributed by atoms with van der Waals surface area (Å²) in [5.74, 6) is -0.286. The Morgan fingerprint density at radius 2 is 1.95 bits per heavy atom. The van der Waals surface area contributed by atoms with Gasteiger partial charge in [0.1, 0.15) is 5.82 Å². The van der Waals surface area contributed by atoms with E-state index in [2.05, 4.69) is 10.6 Å². The molecule has 5 nitrogen and oxygen atoms in total. The van der Waals surface area contributed by atoms with Crippen molar-refractivity contribution in [2.45, 2.75) is 13.5 Å². The number of nitrogens with zero attached hydrogens (tertiary/aromatic N) is 1. The highest BCUT2D eigenvalue weighted by Gasteiger charge is 2.08. The summed E-state index contributed by atoms with van der Waals surface area (Å²) in [6.07, 6.45) is 0. The molecule has 2 aromatic carbocycles. The van der Waals surface area contributed by atoms with Crippen molar-refractivity contribution < 1.29 is 9.31 Å². The second-order valence-corrected chi connectivity index (χ2v) is 5.10. The Kier molecular flexibility index (Phi) is 5.00. The van der Waals surface area contributed by atoms with Gasteiger partial charge in [0.05, 0.1) is 4.92 Å². The molecule has 0 aliphatic heterocycles. The Morgan fingerprint density at radius 3 is 2.55 bits per heavy atom. The number of nitro benzene ring substituents is 1. The van der Waals surface area contributed by atoms with Gasteiger partial charge in [-0.3, -0.25) is 10.1 Å². The molecule has 7 heteroatoms. The van der Waals surface area contributed by atoms with E-state index in [1.807, 2.05) is 0 Å². The number of hydrogen-bond donors (Lipinski definition) is 2. The number of nitrogens with one attached hydrogen (secondary N) is 2. The fraction of sp³-hybridized carbons (Fsp3) is 0.133. The van der Waals surface area contributed by atoms with E-state index < -0.39 is 4.92 Å². The highest BCUT2D eigenvalue weighted by Crippen LogP contribution is 2.21.